The largest absolute Gasteiger partial charge is 0.497 e. The Balaban J connectivity index is 1.79. The number of carboxylic acids is 1. The number of nitrogens with one attached hydrogen (secondary N) is 3. The van der Waals surface area contributed by atoms with Crippen LogP contribution in [0.3, 0.4) is 0 Å². The van der Waals surface area contributed by atoms with E-state index in [4.69, 9.17) is 21.0 Å². The number of carbonyl (C=O) groups excluding carboxylic acids is 2. The molecule has 0 heterocycles. The van der Waals surface area contributed by atoms with Crippen molar-refractivity contribution in [2.45, 2.75) is 44.2 Å². The second-order valence-corrected chi connectivity index (χ2v) is 8.19. The van der Waals surface area contributed by atoms with Crippen molar-refractivity contribution in [1.82, 2.24) is 10.6 Å². The van der Waals surface area contributed by atoms with E-state index >= 15 is 0 Å². The van der Waals surface area contributed by atoms with Crippen molar-refractivity contribution in [2.75, 3.05) is 13.7 Å². The molecule has 7 N–H and O–H groups in total. The Morgan fingerprint density at radius 3 is 2.23 bits per heavy atom. The number of methoxy groups -OCH3 is 1. The number of nitrogen functional groups attached to an aromatic ring is 1. The topological polar surface area (TPSA) is 175 Å². The fourth-order valence-electron chi connectivity index (χ4n) is 3.45. The quantitative estimate of drug-likeness (QED) is 0.171. The molecule has 0 unspecified atom stereocenters. The van der Waals surface area contributed by atoms with Gasteiger partial charge < -0.3 is 31.3 Å². The Hall–Kier alpha value is -3.92. The fraction of sp³-hybridized carbons (Fsp3) is 0.360. The number of aliphatic hydroxyl groups is 1. The summed E-state index contributed by atoms with van der Waals surface area (Å²) in [5.74, 6) is -1.09. The molecule has 10 heteroatoms. The van der Waals surface area contributed by atoms with Crippen LogP contribution in [-0.4, -0.2) is 59.6 Å². The van der Waals surface area contributed by atoms with Crippen molar-refractivity contribution in [3.05, 3.63) is 65.2 Å². The summed E-state index contributed by atoms with van der Waals surface area (Å²) in [6.07, 6.45) is -0.689. The van der Waals surface area contributed by atoms with Gasteiger partial charge in [0.05, 0.1) is 26.1 Å². The van der Waals surface area contributed by atoms with Gasteiger partial charge in [-0.2, -0.15) is 0 Å². The number of aliphatic carboxylic acids is 1. The van der Waals surface area contributed by atoms with E-state index in [9.17, 15) is 19.5 Å². The van der Waals surface area contributed by atoms with Gasteiger partial charge in [0, 0.05) is 24.6 Å². The molecule has 0 aromatic heterocycles. The minimum Gasteiger partial charge on any atom is -0.497 e. The van der Waals surface area contributed by atoms with E-state index in [1.807, 2.05) is 12.1 Å². The van der Waals surface area contributed by atoms with Gasteiger partial charge in [0.25, 0.3) is 0 Å². The van der Waals surface area contributed by atoms with Gasteiger partial charge in [-0.3, -0.25) is 19.8 Å². The number of benzene rings is 2. The lowest BCUT2D eigenvalue weighted by Gasteiger charge is -2.21. The molecule has 0 spiro atoms. The van der Waals surface area contributed by atoms with Crippen LogP contribution in [0.15, 0.2) is 48.5 Å². The second kappa shape index (κ2) is 13.7. The predicted molar refractivity (Wildman–Crippen MR) is 130 cm³/mol. The van der Waals surface area contributed by atoms with Gasteiger partial charge in [0.2, 0.25) is 11.8 Å². The lowest BCUT2D eigenvalue weighted by atomic mass is 10.0. The van der Waals surface area contributed by atoms with Gasteiger partial charge in [0.1, 0.15) is 11.6 Å². The SMILES string of the molecule is COc1ccc(CCC(=O)N[C@H](CC(=O)O)C[C@H](O)CNC(=O)Cc2ccc(C(=N)N)cc2)cc1. The molecule has 0 bridgehead atoms. The van der Waals surface area contributed by atoms with E-state index < -0.39 is 18.1 Å². The number of rotatable bonds is 14. The van der Waals surface area contributed by atoms with Gasteiger partial charge >= 0.3 is 5.97 Å². The summed E-state index contributed by atoms with van der Waals surface area (Å²) < 4.78 is 5.10. The van der Waals surface area contributed by atoms with Crippen molar-refractivity contribution in [1.29, 1.82) is 5.41 Å². The fourth-order valence-corrected chi connectivity index (χ4v) is 3.45. The number of nitrogens with two attached hydrogens (primary N) is 1. The molecule has 0 saturated heterocycles. The lowest BCUT2D eigenvalue weighted by Crippen LogP contribution is -2.42. The highest BCUT2D eigenvalue weighted by Crippen LogP contribution is 2.13. The number of amidine groups is 1. The van der Waals surface area contributed by atoms with Crippen LogP contribution in [0.2, 0.25) is 0 Å². The third-order valence-corrected chi connectivity index (χ3v) is 5.31. The molecule has 0 fully saturated rings. The smallest absolute Gasteiger partial charge is 0.305 e. The van der Waals surface area contributed by atoms with Crippen LogP contribution < -0.4 is 21.1 Å². The number of ether oxygens (including phenoxy) is 1. The molecule has 2 aromatic rings. The van der Waals surface area contributed by atoms with Gasteiger partial charge in [-0.05, 0) is 36.1 Å². The molecule has 2 aromatic carbocycles. The maximum Gasteiger partial charge on any atom is 0.305 e. The summed E-state index contributed by atoms with van der Waals surface area (Å²) in [6, 6.07) is 13.2. The van der Waals surface area contributed by atoms with Crippen molar-refractivity contribution in [3.8, 4) is 5.75 Å². The number of aryl methyl sites for hydroxylation is 1. The first kappa shape index (κ1) is 27.3. The minimum atomic E-state index is -1.10. The van der Waals surface area contributed by atoms with Gasteiger partial charge in [0.15, 0.2) is 0 Å². The van der Waals surface area contributed by atoms with Gasteiger partial charge in [-0.15, -0.1) is 0 Å². The summed E-state index contributed by atoms with van der Waals surface area (Å²) in [7, 11) is 1.57. The van der Waals surface area contributed by atoms with Crippen LogP contribution in [0.1, 0.15) is 36.0 Å². The van der Waals surface area contributed by atoms with Crippen molar-refractivity contribution in [3.63, 3.8) is 0 Å². The third kappa shape index (κ3) is 10.3. The maximum absolute atomic E-state index is 12.3. The summed E-state index contributed by atoms with van der Waals surface area (Å²) in [4.78, 5) is 35.7. The number of aliphatic hydroxyl groups excluding tert-OH is 1. The summed E-state index contributed by atoms with van der Waals surface area (Å²) >= 11 is 0. The van der Waals surface area contributed by atoms with E-state index in [1.54, 1.807) is 43.5 Å². The maximum atomic E-state index is 12.3. The predicted octanol–water partition coefficient (Wildman–Crippen LogP) is 0.981. The average molecular weight is 485 g/mol. The number of hydrogen-bond acceptors (Lipinski definition) is 6. The number of hydrogen-bond donors (Lipinski definition) is 6. The molecule has 35 heavy (non-hydrogen) atoms. The second-order valence-electron chi connectivity index (χ2n) is 8.19. The van der Waals surface area contributed by atoms with Gasteiger partial charge in [-0.1, -0.05) is 36.4 Å². The molecule has 2 atom stereocenters. The van der Waals surface area contributed by atoms with E-state index in [1.165, 1.54) is 0 Å². The first-order valence-corrected chi connectivity index (χ1v) is 11.2. The Labute approximate surface area is 204 Å². The van der Waals surface area contributed by atoms with E-state index in [0.717, 1.165) is 11.1 Å². The molecule has 0 aliphatic rings. The Bertz CT molecular complexity index is 1010. The molecular weight excluding hydrogens is 452 g/mol. The van der Waals surface area contributed by atoms with Crippen LogP contribution >= 0.6 is 0 Å². The van der Waals surface area contributed by atoms with Crippen molar-refractivity contribution >= 4 is 23.6 Å². The molecule has 2 rings (SSSR count). The molecule has 188 valence electrons. The monoisotopic (exact) mass is 484 g/mol. The zero-order valence-electron chi connectivity index (χ0n) is 19.6. The van der Waals surface area contributed by atoms with Crippen molar-refractivity contribution < 1.29 is 29.3 Å². The molecule has 0 aliphatic carbocycles. The van der Waals surface area contributed by atoms with Crippen molar-refractivity contribution in [2.24, 2.45) is 5.73 Å². The van der Waals surface area contributed by atoms with Crippen LogP contribution in [-0.2, 0) is 27.2 Å². The normalized spacial score (nSPS) is 12.3. The van der Waals surface area contributed by atoms with E-state index in [2.05, 4.69) is 10.6 Å². The molecule has 0 aliphatic heterocycles. The lowest BCUT2D eigenvalue weighted by molar-refractivity contribution is -0.138. The standard InChI is InChI=1S/C25H32N4O6/c1-35-21-9-4-16(5-10-21)6-11-22(31)29-19(14-24(33)34)13-20(30)15-28-23(32)12-17-2-7-18(8-3-17)25(26)27/h2-5,7-10,19-20,30H,6,11-15H2,1H3,(H3,26,27)(H,28,32)(H,29,31)(H,33,34)/t19-,20-/m0/s1. The van der Waals surface area contributed by atoms with Crippen LogP contribution in [0.4, 0.5) is 0 Å². The number of carboxylic acid groups (broad SMARTS) is 1. The molecule has 10 nitrogen and oxygen atoms in total. The minimum absolute atomic E-state index is 0.0197. The highest BCUT2D eigenvalue weighted by atomic mass is 16.5. The van der Waals surface area contributed by atoms with Crippen LogP contribution in [0.5, 0.6) is 5.75 Å². The average Bonchev–Trinajstić information content (AvgIpc) is 2.81. The number of amides is 2. The highest BCUT2D eigenvalue weighted by molar-refractivity contribution is 5.95. The summed E-state index contributed by atoms with van der Waals surface area (Å²) in [5, 5.41) is 32.1. The van der Waals surface area contributed by atoms with E-state index in [-0.39, 0.29) is 49.9 Å². The first-order chi connectivity index (χ1) is 16.7. The third-order valence-electron chi connectivity index (χ3n) is 5.31. The van der Waals surface area contributed by atoms with E-state index in [0.29, 0.717) is 17.7 Å². The number of carbonyl (C=O) groups is 3. The highest BCUT2D eigenvalue weighted by Gasteiger charge is 2.20. The Morgan fingerprint density at radius 2 is 1.66 bits per heavy atom. The van der Waals surface area contributed by atoms with Gasteiger partial charge in [-0.25, -0.2) is 0 Å². The Morgan fingerprint density at radius 1 is 1.03 bits per heavy atom. The molecule has 0 radical (unpaired) electrons. The summed E-state index contributed by atoms with van der Waals surface area (Å²) in [5.41, 5.74) is 7.62. The van der Waals surface area contributed by atoms with Crippen LogP contribution in [0.25, 0.3) is 0 Å². The zero-order valence-corrected chi connectivity index (χ0v) is 19.6. The van der Waals surface area contributed by atoms with Crippen LogP contribution in [0, 0.1) is 5.41 Å². The summed E-state index contributed by atoms with van der Waals surface area (Å²) in [6.45, 7) is -0.0812. The zero-order chi connectivity index (χ0) is 25.8. The Kier molecular flexibility index (Phi) is 10.7. The molecule has 0 saturated carbocycles. The molecule has 2 amide bonds. The molecular formula is C25H32N4O6. The first-order valence-electron chi connectivity index (χ1n) is 11.2.